The first-order chi connectivity index (χ1) is 15.6. The third-order valence-electron chi connectivity index (χ3n) is 5.98. The number of hydrogen-bond acceptors (Lipinski definition) is 5. The molecular weight excluding hydrogens is 402 g/mol. The van der Waals surface area contributed by atoms with Gasteiger partial charge >= 0.3 is 0 Å². The summed E-state index contributed by atoms with van der Waals surface area (Å²) in [5, 5.41) is 3.38. The number of aryl methyl sites for hydroxylation is 1. The van der Waals surface area contributed by atoms with E-state index in [1.165, 1.54) is 11.1 Å². The van der Waals surface area contributed by atoms with Gasteiger partial charge in [0.2, 0.25) is 0 Å². The summed E-state index contributed by atoms with van der Waals surface area (Å²) in [5.41, 5.74) is 7.60. The van der Waals surface area contributed by atoms with Crippen molar-refractivity contribution in [2.75, 3.05) is 31.6 Å². The number of hydrogen-bond donors (Lipinski definition) is 2. The Kier molecular flexibility index (Phi) is 5.33. The van der Waals surface area contributed by atoms with Crippen LogP contribution in [-0.4, -0.2) is 52.1 Å². The predicted octanol–water partition coefficient (Wildman–Crippen LogP) is 4.46. The summed E-state index contributed by atoms with van der Waals surface area (Å²) >= 11 is 0. The predicted molar refractivity (Wildman–Crippen MR) is 125 cm³/mol. The number of H-pyrrole nitrogens is 1. The lowest BCUT2D eigenvalue weighted by molar-refractivity contribution is 0.0303. The van der Waals surface area contributed by atoms with Gasteiger partial charge in [0.15, 0.2) is 5.82 Å². The van der Waals surface area contributed by atoms with Crippen molar-refractivity contribution < 1.29 is 9.53 Å². The second kappa shape index (κ2) is 8.43. The van der Waals surface area contributed by atoms with Gasteiger partial charge in [-0.1, -0.05) is 18.2 Å². The molecule has 0 bridgehead atoms. The monoisotopic (exact) mass is 427 g/mol. The Labute approximate surface area is 186 Å². The molecule has 0 spiro atoms. The van der Waals surface area contributed by atoms with Crippen LogP contribution < -0.4 is 5.32 Å². The van der Waals surface area contributed by atoms with Gasteiger partial charge in [-0.15, -0.1) is 0 Å². The van der Waals surface area contributed by atoms with Crippen LogP contribution in [0.1, 0.15) is 21.5 Å². The molecule has 1 aliphatic rings. The average molecular weight is 428 g/mol. The fourth-order valence-corrected chi connectivity index (χ4v) is 3.98. The van der Waals surface area contributed by atoms with Gasteiger partial charge in [-0.2, -0.15) is 0 Å². The van der Waals surface area contributed by atoms with E-state index in [2.05, 4.69) is 41.3 Å². The van der Waals surface area contributed by atoms with Crippen molar-refractivity contribution in [2.24, 2.45) is 0 Å². The highest BCUT2D eigenvalue weighted by atomic mass is 16.5. The first-order valence-corrected chi connectivity index (χ1v) is 10.7. The van der Waals surface area contributed by atoms with Crippen molar-refractivity contribution in [1.82, 2.24) is 19.9 Å². The molecule has 0 unspecified atom stereocenters. The van der Waals surface area contributed by atoms with Gasteiger partial charge in [0.05, 0.1) is 30.8 Å². The van der Waals surface area contributed by atoms with E-state index in [-0.39, 0.29) is 5.91 Å². The number of nitrogens with one attached hydrogen (secondary N) is 2. The van der Waals surface area contributed by atoms with Gasteiger partial charge in [-0.25, -0.2) is 9.97 Å². The molecule has 1 fully saturated rings. The normalized spacial score (nSPS) is 14.0. The van der Waals surface area contributed by atoms with Crippen LogP contribution >= 0.6 is 0 Å². The molecule has 32 heavy (non-hydrogen) atoms. The Balaban J connectivity index is 1.44. The quantitative estimate of drug-likeness (QED) is 0.503. The standard InChI is InChI=1S/C25H25N5O2/c1-16-4-3-5-20(17(16)2)21-14-22-23(27-15-26-22)24(29-21)28-19-8-6-18(7-9-19)25(31)30-10-12-32-13-11-30/h3-9,14-15H,10-13H2,1-2H3,(H,26,27)(H,28,29). The van der Waals surface area contributed by atoms with Crippen LogP contribution in [0.2, 0.25) is 0 Å². The molecule has 0 atom stereocenters. The van der Waals surface area contributed by atoms with E-state index < -0.39 is 0 Å². The maximum absolute atomic E-state index is 12.7. The summed E-state index contributed by atoms with van der Waals surface area (Å²) in [6, 6.07) is 15.8. The Morgan fingerprint density at radius 2 is 1.88 bits per heavy atom. The third-order valence-corrected chi connectivity index (χ3v) is 5.98. The van der Waals surface area contributed by atoms with Gasteiger partial charge in [0, 0.05) is 29.9 Å². The Hall–Kier alpha value is -3.71. The maximum Gasteiger partial charge on any atom is 0.254 e. The smallest absolute Gasteiger partial charge is 0.254 e. The summed E-state index contributed by atoms with van der Waals surface area (Å²) in [6.07, 6.45) is 1.68. The number of fused-ring (bicyclic) bond motifs is 1. The van der Waals surface area contributed by atoms with E-state index in [1.54, 1.807) is 6.33 Å². The molecule has 0 radical (unpaired) electrons. The number of amides is 1. The van der Waals surface area contributed by atoms with Crippen LogP contribution in [0.4, 0.5) is 11.5 Å². The van der Waals surface area contributed by atoms with E-state index in [0.717, 1.165) is 28.0 Å². The molecule has 4 aromatic rings. The number of anilines is 2. The third kappa shape index (κ3) is 3.83. The largest absolute Gasteiger partial charge is 0.378 e. The summed E-state index contributed by atoms with van der Waals surface area (Å²) in [5.74, 6) is 0.705. The highest BCUT2D eigenvalue weighted by Gasteiger charge is 2.18. The second-order valence-corrected chi connectivity index (χ2v) is 8.01. The number of carbonyl (C=O) groups is 1. The first kappa shape index (κ1) is 20.2. The fourth-order valence-electron chi connectivity index (χ4n) is 3.98. The van der Waals surface area contributed by atoms with E-state index in [4.69, 9.17) is 9.72 Å². The molecule has 1 aliphatic heterocycles. The highest BCUT2D eigenvalue weighted by molar-refractivity contribution is 5.95. The highest BCUT2D eigenvalue weighted by Crippen LogP contribution is 2.30. The number of pyridine rings is 1. The van der Waals surface area contributed by atoms with Crippen LogP contribution in [0, 0.1) is 13.8 Å². The zero-order chi connectivity index (χ0) is 22.1. The minimum Gasteiger partial charge on any atom is -0.378 e. The number of aromatic nitrogens is 3. The zero-order valence-electron chi connectivity index (χ0n) is 18.2. The average Bonchev–Trinajstić information content (AvgIpc) is 3.31. The molecule has 1 amide bonds. The van der Waals surface area contributed by atoms with E-state index in [0.29, 0.717) is 37.7 Å². The minimum atomic E-state index is 0.0320. The van der Waals surface area contributed by atoms with E-state index in [1.807, 2.05) is 41.3 Å². The Bertz CT molecular complexity index is 1270. The molecule has 2 aromatic heterocycles. The number of imidazole rings is 1. The maximum atomic E-state index is 12.7. The second-order valence-electron chi connectivity index (χ2n) is 8.01. The number of carbonyl (C=O) groups excluding carboxylic acids is 1. The van der Waals surface area contributed by atoms with Crippen molar-refractivity contribution >= 4 is 28.4 Å². The fraction of sp³-hybridized carbons (Fsp3) is 0.240. The number of rotatable bonds is 4. The van der Waals surface area contributed by atoms with Crippen molar-refractivity contribution in [3.63, 3.8) is 0 Å². The van der Waals surface area contributed by atoms with Crippen molar-refractivity contribution in [2.45, 2.75) is 13.8 Å². The SMILES string of the molecule is Cc1cccc(-c2cc3[nH]cnc3c(Nc3ccc(C(=O)N4CCOCC4)cc3)n2)c1C. The minimum absolute atomic E-state index is 0.0320. The molecule has 2 aromatic carbocycles. The van der Waals surface area contributed by atoms with Crippen LogP contribution in [0.25, 0.3) is 22.3 Å². The number of ether oxygens (including phenoxy) is 1. The summed E-state index contributed by atoms with van der Waals surface area (Å²) in [6.45, 7) is 6.66. The first-order valence-electron chi connectivity index (χ1n) is 10.7. The molecular formula is C25H25N5O2. The van der Waals surface area contributed by atoms with E-state index >= 15 is 0 Å². The van der Waals surface area contributed by atoms with E-state index in [9.17, 15) is 4.79 Å². The van der Waals surface area contributed by atoms with Gasteiger partial charge < -0.3 is 19.9 Å². The lowest BCUT2D eigenvalue weighted by atomic mass is 10.0. The number of nitrogens with zero attached hydrogens (tertiary/aromatic N) is 3. The molecule has 162 valence electrons. The molecule has 5 rings (SSSR count). The van der Waals surface area contributed by atoms with Crippen LogP contribution in [0.5, 0.6) is 0 Å². The van der Waals surface area contributed by atoms with Crippen molar-refractivity contribution in [3.05, 3.63) is 71.5 Å². The number of morpholine rings is 1. The summed E-state index contributed by atoms with van der Waals surface area (Å²) < 4.78 is 5.34. The van der Waals surface area contributed by atoms with Crippen LogP contribution in [-0.2, 0) is 4.74 Å². The lowest BCUT2D eigenvalue weighted by Gasteiger charge is -2.26. The Morgan fingerprint density at radius 3 is 2.66 bits per heavy atom. The van der Waals surface area contributed by atoms with Gasteiger partial charge in [0.25, 0.3) is 5.91 Å². The molecule has 7 nitrogen and oxygen atoms in total. The van der Waals surface area contributed by atoms with Crippen LogP contribution in [0.3, 0.4) is 0 Å². The van der Waals surface area contributed by atoms with Gasteiger partial charge in [-0.3, -0.25) is 4.79 Å². The Morgan fingerprint density at radius 1 is 1.09 bits per heavy atom. The topological polar surface area (TPSA) is 83.1 Å². The van der Waals surface area contributed by atoms with Crippen LogP contribution in [0.15, 0.2) is 54.9 Å². The van der Waals surface area contributed by atoms with Gasteiger partial charge in [0.1, 0.15) is 5.52 Å². The molecule has 3 heterocycles. The number of aromatic amines is 1. The lowest BCUT2D eigenvalue weighted by Crippen LogP contribution is -2.40. The molecule has 2 N–H and O–H groups in total. The summed E-state index contributed by atoms with van der Waals surface area (Å²) in [7, 11) is 0. The zero-order valence-corrected chi connectivity index (χ0v) is 18.2. The molecule has 0 aliphatic carbocycles. The molecule has 7 heteroatoms. The molecule has 1 saturated heterocycles. The molecule has 0 saturated carbocycles. The van der Waals surface area contributed by atoms with Crippen molar-refractivity contribution in [3.8, 4) is 11.3 Å². The van der Waals surface area contributed by atoms with Crippen molar-refractivity contribution in [1.29, 1.82) is 0 Å². The number of benzene rings is 2. The summed E-state index contributed by atoms with van der Waals surface area (Å²) in [4.78, 5) is 27.1. The van der Waals surface area contributed by atoms with Gasteiger partial charge in [-0.05, 0) is 55.3 Å².